The highest BCUT2D eigenvalue weighted by atomic mass is 16.5. The molecule has 41 heavy (non-hydrogen) atoms. The Balaban J connectivity index is 1.17. The molecule has 1 unspecified atom stereocenters. The van der Waals surface area contributed by atoms with Crippen molar-refractivity contribution in [2.24, 2.45) is 7.05 Å². The van der Waals surface area contributed by atoms with Crippen LogP contribution in [-0.2, 0) is 24.7 Å². The molecule has 0 saturated carbocycles. The standard InChI is InChI=1S/C31H39N7O3/c1-37-27-12-3-2-11-25(27)35-31(37)36-26(30(39)40)16-20-38(21-22-41-28-13-4-6-17-32-28)19-7-5-10-24-15-14-23-9-8-18-33-29(23)34-24/h2-4,6,11-15,17,26H,5,7-10,16,18-22H2,1H3,(H,33,34)(H,35,36)(H,39,40). The molecule has 4 heterocycles. The molecule has 1 aromatic carbocycles. The maximum absolute atomic E-state index is 12.2. The highest BCUT2D eigenvalue weighted by Gasteiger charge is 2.21. The van der Waals surface area contributed by atoms with E-state index in [4.69, 9.17) is 9.72 Å². The molecule has 5 rings (SSSR count). The molecule has 10 heteroatoms. The summed E-state index contributed by atoms with van der Waals surface area (Å²) in [4.78, 5) is 28.1. The van der Waals surface area contributed by atoms with Crippen LogP contribution in [0.5, 0.6) is 5.88 Å². The first-order chi connectivity index (χ1) is 20.1. The van der Waals surface area contributed by atoms with Gasteiger partial charge >= 0.3 is 5.97 Å². The Morgan fingerprint density at radius 2 is 1.98 bits per heavy atom. The number of carboxylic acid groups (broad SMARTS) is 1. The maximum atomic E-state index is 12.2. The predicted molar refractivity (Wildman–Crippen MR) is 161 cm³/mol. The lowest BCUT2D eigenvalue weighted by atomic mass is 10.1. The fraction of sp³-hybridized carbons (Fsp3) is 0.419. The lowest BCUT2D eigenvalue weighted by molar-refractivity contribution is -0.138. The Morgan fingerprint density at radius 1 is 1.10 bits per heavy atom. The number of hydrogen-bond acceptors (Lipinski definition) is 8. The predicted octanol–water partition coefficient (Wildman–Crippen LogP) is 4.38. The van der Waals surface area contributed by atoms with Crippen molar-refractivity contribution in [2.75, 3.05) is 43.4 Å². The monoisotopic (exact) mass is 557 g/mol. The van der Waals surface area contributed by atoms with Gasteiger partial charge in [-0.3, -0.25) is 4.90 Å². The second kappa shape index (κ2) is 13.9. The van der Waals surface area contributed by atoms with Gasteiger partial charge in [0.25, 0.3) is 0 Å². The second-order valence-electron chi connectivity index (χ2n) is 10.5. The summed E-state index contributed by atoms with van der Waals surface area (Å²) < 4.78 is 7.75. The summed E-state index contributed by atoms with van der Waals surface area (Å²) in [6.07, 6.45) is 7.29. The maximum Gasteiger partial charge on any atom is 0.326 e. The number of carbonyl (C=O) groups is 1. The Kier molecular flexibility index (Phi) is 9.64. The van der Waals surface area contributed by atoms with Gasteiger partial charge in [0, 0.05) is 44.6 Å². The summed E-state index contributed by atoms with van der Waals surface area (Å²) >= 11 is 0. The molecule has 3 aromatic heterocycles. The van der Waals surface area contributed by atoms with E-state index in [9.17, 15) is 9.90 Å². The number of benzene rings is 1. The first-order valence-corrected chi connectivity index (χ1v) is 14.5. The molecular weight excluding hydrogens is 518 g/mol. The Morgan fingerprint density at radius 3 is 2.80 bits per heavy atom. The number of aromatic nitrogens is 4. The highest BCUT2D eigenvalue weighted by molar-refractivity contribution is 5.81. The number of aliphatic carboxylic acids is 1. The Hall–Kier alpha value is -4.18. The number of pyridine rings is 2. The number of nitrogens with one attached hydrogen (secondary N) is 2. The van der Waals surface area contributed by atoms with E-state index in [2.05, 4.69) is 37.6 Å². The number of ether oxygens (including phenoxy) is 1. The van der Waals surface area contributed by atoms with E-state index >= 15 is 0 Å². The van der Waals surface area contributed by atoms with Crippen LogP contribution in [0, 0.1) is 0 Å². The van der Waals surface area contributed by atoms with Gasteiger partial charge in [0.2, 0.25) is 11.8 Å². The van der Waals surface area contributed by atoms with Gasteiger partial charge in [-0.25, -0.2) is 19.7 Å². The second-order valence-corrected chi connectivity index (χ2v) is 10.5. The van der Waals surface area contributed by atoms with Crippen LogP contribution in [-0.4, -0.2) is 74.3 Å². The van der Waals surface area contributed by atoms with E-state index in [0.717, 1.165) is 67.7 Å². The summed E-state index contributed by atoms with van der Waals surface area (Å²) in [5, 5.41) is 16.6. The third-order valence-corrected chi connectivity index (χ3v) is 7.53. The van der Waals surface area contributed by atoms with Gasteiger partial charge < -0.3 is 25.0 Å². The fourth-order valence-electron chi connectivity index (χ4n) is 5.20. The van der Waals surface area contributed by atoms with Gasteiger partial charge in [0.15, 0.2) is 0 Å². The van der Waals surface area contributed by atoms with E-state index in [1.54, 1.807) is 6.20 Å². The van der Waals surface area contributed by atoms with E-state index in [-0.39, 0.29) is 0 Å². The molecule has 216 valence electrons. The van der Waals surface area contributed by atoms with Crippen LogP contribution in [0.15, 0.2) is 60.8 Å². The zero-order valence-corrected chi connectivity index (χ0v) is 23.6. The van der Waals surface area contributed by atoms with Crippen molar-refractivity contribution in [3.63, 3.8) is 0 Å². The number of anilines is 2. The molecule has 1 aliphatic rings. The number of rotatable bonds is 15. The van der Waals surface area contributed by atoms with E-state index in [1.165, 1.54) is 5.56 Å². The average Bonchev–Trinajstić information content (AvgIpc) is 3.32. The Labute approximate surface area is 240 Å². The summed E-state index contributed by atoms with van der Waals surface area (Å²) in [6.45, 7) is 3.59. The van der Waals surface area contributed by atoms with Gasteiger partial charge in [-0.05, 0) is 74.9 Å². The van der Waals surface area contributed by atoms with Crippen LogP contribution in [0.4, 0.5) is 11.8 Å². The number of nitrogens with zero attached hydrogens (tertiary/aromatic N) is 5. The molecular formula is C31H39N7O3. The van der Waals surface area contributed by atoms with Crippen molar-refractivity contribution in [1.82, 2.24) is 24.4 Å². The first kappa shape index (κ1) is 28.4. The minimum absolute atomic E-state index is 0.431. The molecule has 0 radical (unpaired) electrons. The van der Waals surface area contributed by atoms with Crippen LogP contribution < -0.4 is 15.4 Å². The van der Waals surface area contributed by atoms with Crippen LogP contribution in [0.3, 0.4) is 0 Å². The quantitative estimate of drug-likeness (QED) is 0.183. The number of para-hydroxylation sites is 2. The fourth-order valence-corrected chi connectivity index (χ4v) is 5.20. The molecule has 3 N–H and O–H groups in total. The third kappa shape index (κ3) is 7.73. The molecule has 0 spiro atoms. The molecule has 10 nitrogen and oxygen atoms in total. The molecule has 1 aliphatic heterocycles. The number of carboxylic acids is 1. The molecule has 0 saturated heterocycles. The minimum atomic E-state index is -0.895. The number of imidazole rings is 1. The SMILES string of the molecule is Cn1c(NC(CCN(CCCCc2ccc3c(n2)NCCC3)CCOc2ccccn2)C(=O)O)nc2ccccc21. The minimum Gasteiger partial charge on any atom is -0.480 e. The van der Waals surface area contributed by atoms with E-state index < -0.39 is 12.0 Å². The Bertz CT molecular complexity index is 1430. The normalized spacial score (nSPS) is 13.5. The third-order valence-electron chi connectivity index (χ3n) is 7.53. The van der Waals surface area contributed by atoms with Crippen molar-refractivity contribution in [3.8, 4) is 5.88 Å². The molecule has 0 bridgehead atoms. The largest absolute Gasteiger partial charge is 0.480 e. The number of unbranched alkanes of at least 4 members (excludes halogenated alkanes) is 1. The smallest absolute Gasteiger partial charge is 0.326 e. The summed E-state index contributed by atoms with van der Waals surface area (Å²) in [5.74, 6) is 1.28. The van der Waals surface area contributed by atoms with Gasteiger partial charge in [0.05, 0.1) is 11.0 Å². The van der Waals surface area contributed by atoms with Crippen molar-refractivity contribution in [2.45, 2.75) is 44.6 Å². The van der Waals surface area contributed by atoms with Gasteiger partial charge in [-0.1, -0.05) is 24.3 Å². The first-order valence-electron chi connectivity index (χ1n) is 14.5. The summed E-state index contributed by atoms with van der Waals surface area (Å²) in [7, 11) is 1.89. The lowest BCUT2D eigenvalue weighted by Gasteiger charge is -2.24. The van der Waals surface area contributed by atoms with Gasteiger partial charge in [-0.15, -0.1) is 0 Å². The van der Waals surface area contributed by atoms with Gasteiger partial charge in [-0.2, -0.15) is 0 Å². The molecule has 0 fully saturated rings. The van der Waals surface area contributed by atoms with Crippen molar-refractivity contribution < 1.29 is 14.6 Å². The topological polar surface area (TPSA) is 117 Å². The molecule has 4 aromatic rings. The molecule has 1 atom stereocenters. The van der Waals surface area contributed by atoms with Gasteiger partial charge in [0.1, 0.15) is 18.5 Å². The zero-order valence-electron chi connectivity index (χ0n) is 23.6. The van der Waals surface area contributed by atoms with Crippen molar-refractivity contribution >= 4 is 28.8 Å². The summed E-state index contributed by atoms with van der Waals surface area (Å²) in [5.41, 5.74) is 4.20. The van der Waals surface area contributed by atoms with Crippen LogP contribution in [0.25, 0.3) is 11.0 Å². The van der Waals surface area contributed by atoms with E-state index in [0.29, 0.717) is 37.9 Å². The van der Waals surface area contributed by atoms with Crippen LogP contribution in [0.1, 0.15) is 36.9 Å². The number of hydrogen-bond donors (Lipinski definition) is 3. The lowest BCUT2D eigenvalue weighted by Crippen LogP contribution is -2.37. The van der Waals surface area contributed by atoms with Crippen molar-refractivity contribution in [3.05, 3.63) is 72.1 Å². The highest BCUT2D eigenvalue weighted by Crippen LogP contribution is 2.21. The van der Waals surface area contributed by atoms with Crippen LogP contribution in [0.2, 0.25) is 0 Å². The zero-order chi connectivity index (χ0) is 28.4. The number of fused-ring (bicyclic) bond motifs is 2. The average molecular weight is 558 g/mol. The van der Waals surface area contributed by atoms with Crippen molar-refractivity contribution in [1.29, 1.82) is 0 Å². The molecule has 0 amide bonds. The van der Waals surface area contributed by atoms with Crippen LogP contribution >= 0.6 is 0 Å². The molecule has 0 aliphatic carbocycles. The van der Waals surface area contributed by atoms with E-state index in [1.807, 2.05) is 54.1 Å². The summed E-state index contributed by atoms with van der Waals surface area (Å²) in [6, 6.07) is 17.0. The number of aryl methyl sites for hydroxylation is 3.